The van der Waals surface area contributed by atoms with Crippen LogP contribution < -0.4 is 10.6 Å². The third-order valence-corrected chi connectivity index (χ3v) is 2.15. The van der Waals surface area contributed by atoms with Crippen molar-refractivity contribution in [3.63, 3.8) is 0 Å². The average molecular weight is 252 g/mol. The van der Waals surface area contributed by atoms with Crippen LogP contribution in [0.3, 0.4) is 0 Å². The molecule has 0 spiro atoms. The van der Waals surface area contributed by atoms with Gasteiger partial charge in [-0.3, -0.25) is 4.79 Å². The molecule has 0 aliphatic rings. The highest BCUT2D eigenvalue weighted by atomic mass is 19.4. The number of nitrogens with one attached hydrogen (secondary N) is 2. The minimum atomic E-state index is -4.09. The van der Waals surface area contributed by atoms with Gasteiger partial charge in [-0.1, -0.05) is 6.08 Å². The molecule has 3 nitrogen and oxygen atoms in total. The van der Waals surface area contributed by atoms with E-state index in [1.807, 2.05) is 0 Å². The van der Waals surface area contributed by atoms with Crippen LogP contribution in [-0.4, -0.2) is 31.2 Å². The predicted octanol–water partition coefficient (Wildman–Crippen LogP) is 2.00. The van der Waals surface area contributed by atoms with Crippen molar-refractivity contribution >= 4 is 5.91 Å². The van der Waals surface area contributed by atoms with Gasteiger partial charge in [0.05, 0.1) is 6.04 Å². The third-order valence-electron chi connectivity index (χ3n) is 2.15. The van der Waals surface area contributed by atoms with Crippen LogP contribution in [0.4, 0.5) is 13.2 Å². The van der Waals surface area contributed by atoms with E-state index < -0.39 is 18.6 Å². The van der Waals surface area contributed by atoms with Crippen LogP contribution in [0.5, 0.6) is 0 Å². The molecule has 0 aromatic heterocycles. The second-order valence-electron chi connectivity index (χ2n) is 3.78. The Morgan fingerprint density at radius 2 is 2.06 bits per heavy atom. The van der Waals surface area contributed by atoms with Crippen molar-refractivity contribution in [3.8, 4) is 0 Å². The van der Waals surface area contributed by atoms with E-state index in [1.54, 1.807) is 13.0 Å². The normalized spacial score (nSPS) is 13.2. The molecule has 0 aliphatic carbocycles. The quantitative estimate of drug-likeness (QED) is 0.512. The highest BCUT2D eigenvalue weighted by molar-refractivity contribution is 5.81. The van der Waals surface area contributed by atoms with E-state index >= 15 is 0 Å². The van der Waals surface area contributed by atoms with Crippen LogP contribution in [0.2, 0.25) is 0 Å². The zero-order valence-electron chi connectivity index (χ0n) is 9.94. The minimum Gasteiger partial charge on any atom is -0.351 e. The lowest BCUT2D eigenvalue weighted by atomic mass is 10.2. The number of hydrogen-bond acceptors (Lipinski definition) is 2. The van der Waals surface area contributed by atoms with Crippen LogP contribution in [0, 0.1) is 0 Å². The van der Waals surface area contributed by atoms with Crippen LogP contribution >= 0.6 is 0 Å². The molecule has 0 saturated carbocycles. The minimum absolute atomic E-state index is 0.0809. The molecule has 6 heteroatoms. The Hall–Kier alpha value is -1.04. The molecular weight excluding hydrogens is 233 g/mol. The van der Waals surface area contributed by atoms with Gasteiger partial charge in [-0.15, -0.1) is 6.58 Å². The maximum atomic E-state index is 11.8. The van der Waals surface area contributed by atoms with E-state index in [0.717, 1.165) is 0 Å². The first kappa shape index (κ1) is 16.0. The molecule has 100 valence electrons. The maximum Gasteiger partial charge on any atom is 0.389 e. The zero-order valence-corrected chi connectivity index (χ0v) is 9.94. The van der Waals surface area contributed by atoms with Crippen LogP contribution in [0.1, 0.15) is 26.2 Å². The van der Waals surface area contributed by atoms with Gasteiger partial charge in [0.15, 0.2) is 0 Å². The fraction of sp³-hybridized carbons (Fsp3) is 0.727. The van der Waals surface area contributed by atoms with Crippen molar-refractivity contribution in [1.82, 2.24) is 10.6 Å². The summed E-state index contributed by atoms with van der Waals surface area (Å²) >= 11 is 0. The molecule has 0 saturated heterocycles. The van der Waals surface area contributed by atoms with Gasteiger partial charge >= 0.3 is 6.18 Å². The lowest BCUT2D eigenvalue weighted by Crippen LogP contribution is -2.42. The molecule has 0 radical (unpaired) electrons. The van der Waals surface area contributed by atoms with Gasteiger partial charge in [0, 0.05) is 13.0 Å². The number of carbonyl (C=O) groups excluding carboxylic acids is 1. The number of unbranched alkanes of at least 4 members (excludes halogenated alkanes) is 1. The molecule has 2 N–H and O–H groups in total. The highest BCUT2D eigenvalue weighted by Crippen LogP contribution is 2.21. The Bertz CT molecular complexity index is 241. The molecule has 1 atom stereocenters. The summed E-state index contributed by atoms with van der Waals surface area (Å²) in [6.45, 7) is 5.92. The van der Waals surface area contributed by atoms with Gasteiger partial charge in [-0.25, -0.2) is 0 Å². The van der Waals surface area contributed by atoms with Crippen LogP contribution in [0.15, 0.2) is 12.7 Å². The molecule has 0 heterocycles. The Balaban J connectivity index is 3.54. The third kappa shape index (κ3) is 9.86. The van der Waals surface area contributed by atoms with Gasteiger partial charge in [0.1, 0.15) is 0 Å². The topological polar surface area (TPSA) is 41.1 Å². The van der Waals surface area contributed by atoms with Crippen molar-refractivity contribution in [2.45, 2.75) is 38.4 Å². The Labute approximate surface area is 99.5 Å². The van der Waals surface area contributed by atoms with E-state index in [-0.39, 0.29) is 12.3 Å². The molecule has 0 aromatic carbocycles. The molecule has 0 aliphatic heterocycles. The second-order valence-corrected chi connectivity index (χ2v) is 3.78. The summed E-state index contributed by atoms with van der Waals surface area (Å²) in [6.07, 6.45) is -2.82. The van der Waals surface area contributed by atoms with Crippen molar-refractivity contribution < 1.29 is 18.0 Å². The molecule has 17 heavy (non-hydrogen) atoms. The van der Waals surface area contributed by atoms with Crippen molar-refractivity contribution in [2.75, 3.05) is 13.1 Å². The fourth-order valence-electron chi connectivity index (χ4n) is 1.19. The smallest absolute Gasteiger partial charge is 0.351 e. The second kappa shape index (κ2) is 8.11. The molecule has 0 aromatic rings. The number of hydrogen-bond donors (Lipinski definition) is 2. The number of rotatable bonds is 8. The Kier molecular flexibility index (Phi) is 7.61. The lowest BCUT2D eigenvalue weighted by molar-refractivity contribution is -0.135. The van der Waals surface area contributed by atoms with E-state index in [4.69, 9.17) is 0 Å². The number of amides is 1. The number of carbonyl (C=O) groups is 1. The van der Waals surface area contributed by atoms with Gasteiger partial charge in [0.2, 0.25) is 5.91 Å². The van der Waals surface area contributed by atoms with E-state index in [1.165, 1.54) is 0 Å². The first-order valence-corrected chi connectivity index (χ1v) is 5.55. The SMILES string of the molecule is C=CCNC(=O)C(C)NCCCCC(F)(F)F. The van der Waals surface area contributed by atoms with Crippen LogP contribution in [0.25, 0.3) is 0 Å². The van der Waals surface area contributed by atoms with Gasteiger partial charge < -0.3 is 10.6 Å². The van der Waals surface area contributed by atoms with Crippen molar-refractivity contribution in [1.29, 1.82) is 0 Å². The summed E-state index contributed by atoms with van der Waals surface area (Å²) in [5, 5.41) is 5.46. The van der Waals surface area contributed by atoms with Gasteiger partial charge in [-0.05, 0) is 26.3 Å². The summed E-state index contributed by atoms with van der Waals surface area (Å²) in [7, 11) is 0. The van der Waals surface area contributed by atoms with Crippen molar-refractivity contribution in [2.24, 2.45) is 0 Å². The summed E-state index contributed by atoms with van der Waals surface area (Å²) in [5.74, 6) is -0.180. The Morgan fingerprint density at radius 1 is 1.41 bits per heavy atom. The number of halogens is 3. The monoisotopic (exact) mass is 252 g/mol. The molecule has 0 rings (SSSR count). The van der Waals surface area contributed by atoms with Gasteiger partial charge in [0.25, 0.3) is 0 Å². The lowest BCUT2D eigenvalue weighted by Gasteiger charge is -2.13. The average Bonchev–Trinajstić information content (AvgIpc) is 2.23. The zero-order chi connectivity index (χ0) is 13.3. The summed E-state index contributed by atoms with van der Waals surface area (Å²) in [6, 6.07) is -0.402. The van der Waals surface area contributed by atoms with Gasteiger partial charge in [-0.2, -0.15) is 13.2 Å². The molecular formula is C11H19F3N2O. The maximum absolute atomic E-state index is 11.8. The molecule has 1 unspecified atom stereocenters. The summed E-state index contributed by atoms with van der Waals surface area (Å²) in [4.78, 5) is 11.3. The standard InChI is InChI=1S/C11H19F3N2O/c1-3-7-16-10(17)9(2)15-8-5-4-6-11(12,13)14/h3,9,15H,1,4-8H2,2H3,(H,16,17). The summed E-state index contributed by atoms with van der Waals surface area (Å²) < 4.78 is 35.4. The van der Waals surface area contributed by atoms with E-state index in [0.29, 0.717) is 19.5 Å². The molecule has 1 amide bonds. The van der Waals surface area contributed by atoms with E-state index in [9.17, 15) is 18.0 Å². The highest BCUT2D eigenvalue weighted by Gasteiger charge is 2.25. The van der Waals surface area contributed by atoms with Crippen LogP contribution in [-0.2, 0) is 4.79 Å². The largest absolute Gasteiger partial charge is 0.389 e. The summed E-state index contributed by atoms with van der Waals surface area (Å²) in [5.41, 5.74) is 0. The molecule has 0 bridgehead atoms. The number of alkyl halides is 3. The predicted molar refractivity (Wildman–Crippen MR) is 60.6 cm³/mol. The van der Waals surface area contributed by atoms with E-state index in [2.05, 4.69) is 17.2 Å². The van der Waals surface area contributed by atoms with Crippen molar-refractivity contribution in [3.05, 3.63) is 12.7 Å². The Morgan fingerprint density at radius 3 is 2.59 bits per heavy atom. The fourth-order valence-corrected chi connectivity index (χ4v) is 1.19. The first-order valence-electron chi connectivity index (χ1n) is 5.55. The first-order chi connectivity index (χ1) is 7.87. The molecule has 0 fully saturated rings.